The molecule has 0 N–H and O–H groups in total. The first-order valence-electron chi connectivity index (χ1n) is 10.7. The number of para-hydroxylation sites is 1. The van der Waals surface area contributed by atoms with E-state index in [-0.39, 0.29) is 37.1 Å². The van der Waals surface area contributed by atoms with Crippen LogP contribution in [0, 0.1) is 0 Å². The van der Waals surface area contributed by atoms with Crippen molar-refractivity contribution < 1.29 is 47.5 Å². The van der Waals surface area contributed by atoms with Crippen molar-refractivity contribution in [3.8, 4) is 40.2 Å². The van der Waals surface area contributed by atoms with Gasteiger partial charge in [0.1, 0.15) is 12.4 Å². The zero-order chi connectivity index (χ0) is 26.1. The number of rotatable bonds is 7. The molecule has 2 aliphatic heterocycles. The summed E-state index contributed by atoms with van der Waals surface area (Å²) in [7, 11) is 2.91. The summed E-state index contributed by atoms with van der Waals surface area (Å²) in [5, 5.41) is 0. The smallest absolute Gasteiger partial charge is 0.344 e. The van der Waals surface area contributed by atoms with Crippen LogP contribution < -0.4 is 33.2 Å². The number of carbonyl (C=O) groups excluding carboxylic acids is 2. The zero-order valence-electron chi connectivity index (χ0n) is 19.4. The van der Waals surface area contributed by atoms with E-state index in [2.05, 4.69) is 31.9 Å². The van der Waals surface area contributed by atoms with Gasteiger partial charge in [-0.25, -0.2) is 9.59 Å². The fourth-order valence-corrected chi connectivity index (χ4v) is 4.92. The largest absolute Gasteiger partial charge is 0.493 e. The highest BCUT2D eigenvalue weighted by Crippen LogP contribution is 2.49. The number of hydrogen-bond donors (Lipinski definition) is 0. The molecule has 0 spiro atoms. The molecule has 2 heterocycles. The molecule has 12 heteroatoms. The normalized spacial score (nSPS) is 12.8. The number of fused-ring (bicyclic) bond motifs is 2. The number of halogens is 2. The second kappa shape index (κ2) is 10.4. The summed E-state index contributed by atoms with van der Waals surface area (Å²) in [4.78, 5) is 26.0. The van der Waals surface area contributed by atoms with Crippen molar-refractivity contribution >= 4 is 43.8 Å². The van der Waals surface area contributed by atoms with Gasteiger partial charge in [0.15, 0.2) is 23.0 Å². The molecule has 0 fully saturated rings. The summed E-state index contributed by atoms with van der Waals surface area (Å²) in [6.45, 7) is -0.153. The van der Waals surface area contributed by atoms with Crippen LogP contribution in [0.15, 0.2) is 45.3 Å². The minimum Gasteiger partial charge on any atom is -0.493 e. The molecular weight excluding hydrogens is 620 g/mol. The quantitative estimate of drug-likeness (QED) is 0.251. The SMILES string of the molecule is COc1cc(C(=O)OCc2ccccc2OC(=O)c2cc3c(c(OC)c2Br)OCO3)c(Br)c2c1OCO2. The number of methoxy groups -OCH3 is 2. The van der Waals surface area contributed by atoms with Crippen LogP contribution in [0.2, 0.25) is 0 Å². The number of esters is 2. The Hall–Kier alpha value is -3.64. The van der Waals surface area contributed by atoms with Gasteiger partial charge in [-0.3, -0.25) is 0 Å². The summed E-state index contributed by atoms with van der Waals surface area (Å²) in [5.41, 5.74) is 0.827. The van der Waals surface area contributed by atoms with Crippen molar-refractivity contribution in [2.75, 3.05) is 27.8 Å². The molecule has 0 atom stereocenters. The number of carbonyl (C=O) groups is 2. The molecule has 192 valence electrons. The lowest BCUT2D eigenvalue weighted by molar-refractivity contribution is 0.0467. The van der Waals surface area contributed by atoms with E-state index in [1.165, 1.54) is 26.4 Å². The van der Waals surface area contributed by atoms with Crippen molar-refractivity contribution in [2.24, 2.45) is 0 Å². The van der Waals surface area contributed by atoms with Crippen LogP contribution in [0.1, 0.15) is 26.3 Å². The van der Waals surface area contributed by atoms with Gasteiger partial charge in [-0.2, -0.15) is 0 Å². The van der Waals surface area contributed by atoms with Crippen LogP contribution >= 0.6 is 31.9 Å². The van der Waals surface area contributed by atoms with E-state index in [1.807, 2.05) is 0 Å². The van der Waals surface area contributed by atoms with Gasteiger partial charge in [0.05, 0.1) is 34.3 Å². The summed E-state index contributed by atoms with van der Waals surface area (Å²) < 4.78 is 44.2. The van der Waals surface area contributed by atoms with Crippen LogP contribution in [0.25, 0.3) is 0 Å². The highest BCUT2D eigenvalue weighted by molar-refractivity contribution is 9.11. The summed E-state index contributed by atoms with van der Waals surface area (Å²) in [6.07, 6.45) is 0. The van der Waals surface area contributed by atoms with Gasteiger partial charge in [-0.15, -0.1) is 0 Å². The van der Waals surface area contributed by atoms with Gasteiger partial charge >= 0.3 is 11.9 Å². The zero-order valence-corrected chi connectivity index (χ0v) is 22.6. The maximum absolute atomic E-state index is 13.1. The second-order valence-corrected chi connectivity index (χ2v) is 9.17. The van der Waals surface area contributed by atoms with Crippen molar-refractivity contribution in [3.05, 3.63) is 62.0 Å². The molecule has 0 amide bonds. The van der Waals surface area contributed by atoms with Crippen molar-refractivity contribution in [1.82, 2.24) is 0 Å². The standard InChI is InChI=1S/C25H18Br2O10/c1-30-16-7-13(19(27)23-20(16)35-11-36-23)24(28)32-9-12-5-3-4-6-15(12)37-25(29)14-8-17-21(34-10-33-17)22(31-2)18(14)26/h3-8H,9-11H2,1-2H3. The third-order valence-corrected chi connectivity index (χ3v) is 7.08. The highest BCUT2D eigenvalue weighted by Gasteiger charge is 2.30. The van der Waals surface area contributed by atoms with E-state index < -0.39 is 11.9 Å². The average Bonchev–Trinajstić information content (AvgIpc) is 3.58. The number of hydrogen-bond acceptors (Lipinski definition) is 10. The Bertz CT molecular complexity index is 1400. The molecule has 5 rings (SSSR count). The van der Waals surface area contributed by atoms with Crippen LogP contribution in [-0.2, 0) is 11.3 Å². The molecular formula is C25H18Br2O10. The molecule has 0 bridgehead atoms. The van der Waals surface area contributed by atoms with Gasteiger partial charge in [-0.1, -0.05) is 18.2 Å². The van der Waals surface area contributed by atoms with Crippen LogP contribution in [0.4, 0.5) is 0 Å². The first-order chi connectivity index (χ1) is 17.9. The molecule has 3 aromatic carbocycles. The van der Waals surface area contributed by atoms with Gasteiger partial charge in [0, 0.05) is 11.6 Å². The van der Waals surface area contributed by atoms with Gasteiger partial charge in [-0.05, 0) is 44.0 Å². The lowest BCUT2D eigenvalue weighted by atomic mass is 10.1. The Morgan fingerprint density at radius 2 is 1.51 bits per heavy atom. The number of benzene rings is 3. The van der Waals surface area contributed by atoms with Crippen LogP contribution in [-0.4, -0.2) is 39.7 Å². The van der Waals surface area contributed by atoms with Crippen LogP contribution in [0.5, 0.6) is 40.2 Å². The molecule has 37 heavy (non-hydrogen) atoms. The van der Waals surface area contributed by atoms with E-state index >= 15 is 0 Å². The maximum atomic E-state index is 13.1. The first-order valence-corrected chi connectivity index (χ1v) is 12.3. The molecule has 0 radical (unpaired) electrons. The van der Waals surface area contributed by atoms with Gasteiger partial charge < -0.3 is 37.9 Å². The Labute approximate surface area is 227 Å². The molecule has 0 unspecified atom stereocenters. The van der Waals surface area contributed by atoms with Gasteiger partial charge in [0.2, 0.25) is 25.1 Å². The Morgan fingerprint density at radius 1 is 0.811 bits per heavy atom. The fraction of sp³-hybridized carbons (Fsp3) is 0.200. The van der Waals surface area contributed by atoms with Crippen molar-refractivity contribution in [2.45, 2.75) is 6.61 Å². The molecule has 0 saturated heterocycles. The van der Waals surface area contributed by atoms with E-state index in [4.69, 9.17) is 37.9 Å². The molecule has 0 aromatic heterocycles. The minimum atomic E-state index is -0.675. The third kappa shape index (κ3) is 4.62. The molecule has 3 aromatic rings. The lowest BCUT2D eigenvalue weighted by Crippen LogP contribution is -2.12. The Kier molecular flexibility index (Phi) is 7.02. The van der Waals surface area contributed by atoms with E-state index in [1.54, 1.807) is 24.3 Å². The molecule has 10 nitrogen and oxygen atoms in total. The first kappa shape index (κ1) is 25.0. The van der Waals surface area contributed by atoms with Crippen LogP contribution in [0.3, 0.4) is 0 Å². The average molecular weight is 638 g/mol. The Morgan fingerprint density at radius 3 is 2.30 bits per heavy atom. The molecule has 0 saturated carbocycles. The van der Waals surface area contributed by atoms with E-state index in [9.17, 15) is 9.59 Å². The van der Waals surface area contributed by atoms with E-state index in [0.717, 1.165) is 0 Å². The predicted octanol–water partition coefficient (Wildman–Crippen LogP) is 5.26. The summed E-state index contributed by atoms with van der Waals surface area (Å²) in [6, 6.07) is 9.71. The third-order valence-electron chi connectivity index (χ3n) is 5.50. The topological polar surface area (TPSA) is 108 Å². The van der Waals surface area contributed by atoms with Crippen molar-refractivity contribution in [1.29, 1.82) is 0 Å². The van der Waals surface area contributed by atoms with Gasteiger partial charge in [0.25, 0.3) is 0 Å². The number of ether oxygens (including phenoxy) is 8. The monoisotopic (exact) mass is 636 g/mol. The fourth-order valence-electron chi connectivity index (χ4n) is 3.73. The lowest BCUT2D eigenvalue weighted by Gasteiger charge is -2.14. The predicted molar refractivity (Wildman–Crippen MR) is 134 cm³/mol. The highest BCUT2D eigenvalue weighted by atomic mass is 79.9. The summed E-state index contributed by atoms with van der Waals surface area (Å²) >= 11 is 6.75. The second-order valence-electron chi connectivity index (χ2n) is 7.58. The summed E-state index contributed by atoms with van der Waals surface area (Å²) in [5.74, 6) is 1.04. The molecule has 2 aliphatic rings. The maximum Gasteiger partial charge on any atom is 0.344 e. The van der Waals surface area contributed by atoms with E-state index in [0.29, 0.717) is 49.0 Å². The van der Waals surface area contributed by atoms with Crippen molar-refractivity contribution in [3.63, 3.8) is 0 Å². The Balaban J connectivity index is 1.35. The minimum absolute atomic E-state index is 0.00684. The molecule has 0 aliphatic carbocycles.